The molecule has 3 aliphatic heterocycles. The van der Waals surface area contributed by atoms with Crippen molar-refractivity contribution in [2.45, 2.75) is 68.1 Å². The number of nitrogens with zero attached hydrogens (tertiary/aromatic N) is 2. The molecule has 0 aromatic heterocycles. The maximum Gasteiger partial charge on any atom is 0.407 e. The van der Waals surface area contributed by atoms with Crippen molar-refractivity contribution >= 4 is 18.0 Å². The molecule has 0 aromatic carbocycles. The average Bonchev–Trinajstić information content (AvgIpc) is 3.11. The summed E-state index contributed by atoms with van der Waals surface area (Å²) in [5.74, 6) is -1.74. The van der Waals surface area contributed by atoms with Crippen LogP contribution in [0.5, 0.6) is 0 Å². The molecule has 0 radical (unpaired) electrons. The van der Waals surface area contributed by atoms with E-state index < -0.39 is 29.6 Å². The van der Waals surface area contributed by atoms with E-state index in [-0.39, 0.29) is 31.0 Å². The van der Waals surface area contributed by atoms with Gasteiger partial charge in [-0.2, -0.15) is 0 Å². The van der Waals surface area contributed by atoms with Gasteiger partial charge < -0.3 is 31.3 Å². The number of aliphatic hydroxyl groups is 2. The SMILES string of the molecule is NC1=N[C@H]2[C@H](COC(=O)NC3CCCCC3)NC(N)=[N+]3CCC(O)(O)[C@]23N1. The first-order valence-corrected chi connectivity index (χ1v) is 9.49. The maximum absolute atomic E-state index is 12.2. The summed E-state index contributed by atoms with van der Waals surface area (Å²) in [5.41, 5.74) is 10.6. The number of nitrogens with one attached hydrogen (secondary N) is 3. The number of carbonyl (C=O) groups excluding carboxylic acids is 1. The van der Waals surface area contributed by atoms with Crippen molar-refractivity contribution in [1.82, 2.24) is 16.0 Å². The zero-order valence-corrected chi connectivity index (χ0v) is 15.1. The van der Waals surface area contributed by atoms with Crippen LogP contribution in [0.3, 0.4) is 0 Å². The van der Waals surface area contributed by atoms with Gasteiger partial charge in [-0.3, -0.25) is 11.1 Å². The summed E-state index contributed by atoms with van der Waals surface area (Å²) in [6.07, 6.45) is 4.92. The fourth-order valence-corrected chi connectivity index (χ4v) is 4.75. The van der Waals surface area contributed by atoms with E-state index in [9.17, 15) is 15.0 Å². The molecule has 0 bridgehead atoms. The molecule has 1 aliphatic carbocycles. The second-order valence-corrected chi connectivity index (χ2v) is 7.78. The van der Waals surface area contributed by atoms with Crippen LogP contribution in [0.2, 0.25) is 0 Å². The lowest BCUT2D eigenvalue weighted by molar-refractivity contribution is -0.623. The zero-order chi connectivity index (χ0) is 19.2. The Morgan fingerprint density at radius 1 is 1.33 bits per heavy atom. The second kappa shape index (κ2) is 6.41. The first-order valence-electron chi connectivity index (χ1n) is 9.49. The summed E-state index contributed by atoms with van der Waals surface area (Å²) in [4.78, 5) is 16.5. The normalized spacial score (nSPS) is 34.8. The predicted molar refractivity (Wildman–Crippen MR) is 95.7 cm³/mol. The number of carbonyl (C=O) groups is 1. The fraction of sp³-hybridized carbons (Fsp3) is 0.812. The first kappa shape index (κ1) is 18.1. The van der Waals surface area contributed by atoms with E-state index in [1.807, 2.05) is 0 Å². The summed E-state index contributed by atoms with van der Waals surface area (Å²) in [5, 5.41) is 30.0. The molecular weight excluding hydrogens is 354 g/mol. The van der Waals surface area contributed by atoms with Crippen molar-refractivity contribution in [2.24, 2.45) is 16.5 Å². The fourth-order valence-electron chi connectivity index (χ4n) is 4.75. The standard InChI is InChI=1S/C16H27N7O4/c17-12-21-11-10(8-27-14(24)19-9-4-2-1-3-5-9)20-13(18)23-7-6-15(25,26)16(11,23)22-12/h9-11,25-26H,1-8H2,(H6,17,18,19,20,21,22,24)/p+1/t10-,11-,16-/m0/s1. The Hall–Kier alpha value is -2.27. The summed E-state index contributed by atoms with van der Waals surface area (Å²) in [7, 11) is 0. The van der Waals surface area contributed by atoms with Crippen LogP contribution in [0.1, 0.15) is 38.5 Å². The minimum Gasteiger partial charge on any atom is -0.446 e. The van der Waals surface area contributed by atoms with Gasteiger partial charge in [-0.1, -0.05) is 19.3 Å². The summed E-state index contributed by atoms with van der Waals surface area (Å²) >= 11 is 0. The molecule has 27 heavy (non-hydrogen) atoms. The zero-order valence-electron chi connectivity index (χ0n) is 15.1. The number of hydrogen-bond acceptors (Lipinski definition) is 9. The third-order valence-electron chi connectivity index (χ3n) is 6.07. The van der Waals surface area contributed by atoms with Crippen LogP contribution in [-0.4, -0.2) is 75.5 Å². The molecule has 1 spiro atoms. The first-order chi connectivity index (χ1) is 12.8. The van der Waals surface area contributed by atoms with Gasteiger partial charge in [0.25, 0.3) is 0 Å². The largest absolute Gasteiger partial charge is 0.446 e. The van der Waals surface area contributed by atoms with E-state index in [2.05, 4.69) is 20.9 Å². The lowest BCUT2D eigenvalue weighted by atomic mass is 9.87. The van der Waals surface area contributed by atoms with E-state index in [1.54, 1.807) is 4.58 Å². The molecular formula is C16H28N7O4+. The van der Waals surface area contributed by atoms with Crippen LogP contribution >= 0.6 is 0 Å². The molecule has 1 saturated heterocycles. The topological polar surface area (TPSA) is 170 Å². The quantitative estimate of drug-likeness (QED) is 0.206. The molecule has 11 nitrogen and oxygen atoms in total. The molecule has 9 N–H and O–H groups in total. The van der Waals surface area contributed by atoms with Gasteiger partial charge in [0.05, 0.1) is 6.54 Å². The molecule has 150 valence electrons. The van der Waals surface area contributed by atoms with E-state index in [0.29, 0.717) is 6.54 Å². The van der Waals surface area contributed by atoms with Crippen LogP contribution in [0, 0.1) is 0 Å². The molecule has 1 saturated carbocycles. The smallest absolute Gasteiger partial charge is 0.407 e. The van der Waals surface area contributed by atoms with Crippen LogP contribution < -0.4 is 27.4 Å². The molecule has 4 aliphatic rings. The van der Waals surface area contributed by atoms with Crippen LogP contribution in [0.4, 0.5) is 4.79 Å². The van der Waals surface area contributed by atoms with Gasteiger partial charge in [-0.05, 0) is 12.8 Å². The minimum atomic E-state index is -2.09. The van der Waals surface area contributed by atoms with Crippen molar-refractivity contribution < 1.29 is 24.3 Å². The number of amides is 1. The molecule has 3 atom stereocenters. The van der Waals surface area contributed by atoms with E-state index >= 15 is 0 Å². The Bertz CT molecular complexity index is 688. The molecule has 0 unspecified atom stereocenters. The summed E-state index contributed by atoms with van der Waals surface area (Å²) in [6.45, 7) is 0.294. The predicted octanol–water partition coefficient (Wildman–Crippen LogP) is -2.59. The van der Waals surface area contributed by atoms with E-state index in [4.69, 9.17) is 16.2 Å². The van der Waals surface area contributed by atoms with Crippen LogP contribution in [-0.2, 0) is 4.74 Å². The molecule has 4 rings (SSSR count). The highest BCUT2D eigenvalue weighted by atomic mass is 16.5. The van der Waals surface area contributed by atoms with Crippen molar-refractivity contribution in [1.29, 1.82) is 0 Å². The van der Waals surface area contributed by atoms with Gasteiger partial charge in [0.2, 0.25) is 11.4 Å². The number of rotatable bonds is 3. The maximum atomic E-state index is 12.2. The highest BCUT2D eigenvalue weighted by molar-refractivity contribution is 5.83. The third-order valence-corrected chi connectivity index (χ3v) is 6.07. The number of hydrogen-bond donors (Lipinski definition) is 7. The summed E-state index contributed by atoms with van der Waals surface area (Å²) < 4.78 is 7.01. The molecule has 2 fully saturated rings. The third kappa shape index (κ3) is 2.85. The van der Waals surface area contributed by atoms with Gasteiger partial charge in [0.1, 0.15) is 12.6 Å². The number of alkyl carbamates (subject to hydrolysis) is 1. The number of nitrogens with two attached hydrogens (primary N) is 2. The van der Waals surface area contributed by atoms with Crippen LogP contribution in [0.15, 0.2) is 4.99 Å². The van der Waals surface area contributed by atoms with Gasteiger partial charge in [-0.15, -0.1) is 0 Å². The lowest BCUT2D eigenvalue weighted by Gasteiger charge is -2.42. The van der Waals surface area contributed by atoms with Crippen molar-refractivity contribution in [3.05, 3.63) is 0 Å². The molecule has 3 heterocycles. The van der Waals surface area contributed by atoms with Crippen LogP contribution in [0.25, 0.3) is 0 Å². The molecule has 0 aromatic rings. The van der Waals surface area contributed by atoms with E-state index in [1.165, 1.54) is 6.42 Å². The van der Waals surface area contributed by atoms with Gasteiger partial charge in [0, 0.05) is 12.5 Å². The Kier molecular flexibility index (Phi) is 4.30. The number of aliphatic imine (C=N–C) groups is 1. The molecule has 11 heteroatoms. The average molecular weight is 382 g/mol. The van der Waals surface area contributed by atoms with Gasteiger partial charge >= 0.3 is 12.1 Å². The van der Waals surface area contributed by atoms with Crippen molar-refractivity contribution in [2.75, 3.05) is 13.2 Å². The van der Waals surface area contributed by atoms with Crippen molar-refractivity contribution in [3.8, 4) is 0 Å². The highest BCUT2D eigenvalue weighted by Crippen LogP contribution is 2.40. The van der Waals surface area contributed by atoms with Crippen molar-refractivity contribution in [3.63, 3.8) is 0 Å². The van der Waals surface area contributed by atoms with E-state index in [0.717, 1.165) is 25.7 Å². The lowest BCUT2D eigenvalue weighted by Crippen LogP contribution is -2.77. The minimum absolute atomic E-state index is 0.0337. The van der Waals surface area contributed by atoms with Gasteiger partial charge in [-0.25, -0.2) is 14.4 Å². The Morgan fingerprint density at radius 2 is 2.07 bits per heavy atom. The van der Waals surface area contributed by atoms with Gasteiger partial charge in [0.15, 0.2) is 12.0 Å². The number of guanidine groups is 2. The highest BCUT2D eigenvalue weighted by Gasteiger charge is 2.71. The Labute approximate surface area is 156 Å². The monoisotopic (exact) mass is 382 g/mol. The second-order valence-electron chi connectivity index (χ2n) is 7.78. The molecule has 1 amide bonds. The Morgan fingerprint density at radius 3 is 2.81 bits per heavy atom. The number of ether oxygens (including phenoxy) is 1. The Balaban J connectivity index is 1.47. The summed E-state index contributed by atoms with van der Waals surface area (Å²) in [6, 6.07) is -1.10.